The molecule has 15 heavy (non-hydrogen) atoms. The average molecular weight is 204 g/mol. The Morgan fingerprint density at radius 1 is 1.27 bits per heavy atom. The number of nitrogens with zero attached hydrogens (tertiary/aromatic N) is 5. The molecule has 2 aromatic heterocycles. The van der Waals surface area contributed by atoms with Crippen LogP contribution in [-0.4, -0.2) is 25.0 Å². The lowest BCUT2D eigenvalue weighted by Crippen LogP contribution is -2.09. The van der Waals surface area contributed by atoms with Crippen LogP contribution in [0, 0.1) is 13.8 Å². The molecule has 0 unspecified atom stereocenters. The first-order chi connectivity index (χ1) is 7.13. The van der Waals surface area contributed by atoms with Crippen molar-refractivity contribution in [3.8, 4) is 0 Å². The fourth-order valence-electron chi connectivity index (χ4n) is 1.38. The maximum absolute atomic E-state index is 5.46. The van der Waals surface area contributed by atoms with Gasteiger partial charge in [-0.05, 0) is 19.9 Å². The Morgan fingerprint density at radius 3 is 2.47 bits per heavy atom. The van der Waals surface area contributed by atoms with E-state index in [1.165, 1.54) is 11.0 Å². The minimum Gasteiger partial charge on any atom is -0.381 e. The highest BCUT2D eigenvalue weighted by atomic mass is 15.5. The Labute approximate surface area is 87.2 Å². The number of anilines is 1. The molecule has 0 saturated heterocycles. The summed E-state index contributed by atoms with van der Waals surface area (Å²) in [6, 6.07) is 1.92. The Morgan fingerprint density at radius 2 is 1.93 bits per heavy atom. The lowest BCUT2D eigenvalue weighted by atomic mass is 10.3. The van der Waals surface area contributed by atoms with Gasteiger partial charge in [0.25, 0.3) is 0 Å². The molecule has 0 saturated carbocycles. The summed E-state index contributed by atoms with van der Waals surface area (Å²) in [6.07, 6.45) is 1.50. The summed E-state index contributed by atoms with van der Waals surface area (Å²) in [7, 11) is 0. The highest BCUT2D eigenvalue weighted by Crippen LogP contribution is 2.01. The number of aromatic nitrogens is 5. The van der Waals surface area contributed by atoms with E-state index in [4.69, 9.17) is 5.73 Å². The van der Waals surface area contributed by atoms with E-state index in [-0.39, 0.29) is 0 Å². The van der Waals surface area contributed by atoms with Gasteiger partial charge in [0.2, 0.25) is 0 Å². The van der Waals surface area contributed by atoms with Gasteiger partial charge in [-0.1, -0.05) is 0 Å². The topological polar surface area (TPSA) is 82.5 Å². The summed E-state index contributed by atoms with van der Waals surface area (Å²) in [5, 5.41) is 7.94. The van der Waals surface area contributed by atoms with Gasteiger partial charge in [-0.2, -0.15) is 9.90 Å². The molecule has 6 nitrogen and oxygen atoms in total. The molecular weight excluding hydrogens is 192 g/mol. The van der Waals surface area contributed by atoms with Crippen molar-refractivity contribution in [1.29, 1.82) is 0 Å². The van der Waals surface area contributed by atoms with Crippen molar-refractivity contribution in [2.75, 3.05) is 5.73 Å². The van der Waals surface area contributed by atoms with Crippen molar-refractivity contribution in [2.45, 2.75) is 20.4 Å². The van der Waals surface area contributed by atoms with Crippen LogP contribution in [0.2, 0.25) is 0 Å². The van der Waals surface area contributed by atoms with Crippen LogP contribution in [0.15, 0.2) is 12.3 Å². The average Bonchev–Trinajstić information content (AvgIpc) is 2.49. The largest absolute Gasteiger partial charge is 0.381 e. The van der Waals surface area contributed by atoms with Crippen LogP contribution in [0.3, 0.4) is 0 Å². The minimum atomic E-state index is 0.402. The number of hydrogen-bond donors (Lipinski definition) is 1. The van der Waals surface area contributed by atoms with E-state index in [9.17, 15) is 0 Å². The normalized spacial score (nSPS) is 10.5. The molecule has 2 N–H and O–H groups in total. The quantitative estimate of drug-likeness (QED) is 0.761. The van der Waals surface area contributed by atoms with Gasteiger partial charge in [0, 0.05) is 11.4 Å². The zero-order chi connectivity index (χ0) is 10.8. The maximum atomic E-state index is 5.46. The molecule has 0 fully saturated rings. The summed E-state index contributed by atoms with van der Waals surface area (Å²) in [5.74, 6) is 1.10. The van der Waals surface area contributed by atoms with Gasteiger partial charge in [-0.3, -0.25) is 0 Å². The fraction of sp³-hybridized carbons (Fsp3) is 0.333. The van der Waals surface area contributed by atoms with Crippen molar-refractivity contribution in [3.05, 3.63) is 29.5 Å². The third-order valence-corrected chi connectivity index (χ3v) is 1.87. The summed E-state index contributed by atoms with van der Waals surface area (Å²) in [5.41, 5.74) is 7.34. The lowest BCUT2D eigenvalue weighted by Gasteiger charge is -2.01. The molecule has 0 aliphatic rings. The van der Waals surface area contributed by atoms with Crippen LogP contribution < -0.4 is 5.73 Å². The Balaban J connectivity index is 2.24. The third kappa shape index (κ3) is 2.28. The minimum absolute atomic E-state index is 0.402. The molecule has 0 atom stereocenters. The first kappa shape index (κ1) is 9.57. The summed E-state index contributed by atoms with van der Waals surface area (Å²) in [4.78, 5) is 10.0. The van der Waals surface area contributed by atoms with E-state index in [0.29, 0.717) is 18.2 Å². The Kier molecular flexibility index (Phi) is 2.32. The highest BCUT2D eigenvalue weighted by Gasteiger charge is 2.02. The van der Waals surface area contributed by atoms with Crippen LogP contribution in [0.25, 0.3) is 0 Å². The van der Waals surface area contributed by atoms with Gasteiger partial charge in [0.05, 0.1) is 6.20 Å². The van der Waals surface area contributed by atoms with Gasteiger partial charge in [0.15, 0.2) is 11.6 Å². The van der Waals surface area contributed by atoms with Gasteiger partial charge < -0.3 is 5.73 Å². The van der Waals surface area contributed by atoms with Crippen molar-refractivity contribution < 1.29 is 0 Å². The number of rotatable bonds is 2. The van der Waals surface area contributed by atoms with E-state index >= 15 is 0 Å². The van der Waals surface area contributed by atoms with E-state index in [2.05, 4.69) is 20.2 Å². The number of nitrogens with two attached hydrogens (primary N) is 1. The monoisotopic (exact) mass is 204 g/mol. The molecule has 0 aromatic carbocycles. The second-order valence-electron chi connectivity index (χ2n) is 3.37. The lowest BCUT2D eigenvalue weighted by molar-refractivity contribution is 0.570. The predicted molar refractivity (Wildman–Crippen MR) is 55.0 cm³/mol. The third-order valence-electron chi connectivity index (χ3n) is 1.87. The molecule has 0 radical (unpaired) electrons. The first-order valence-corrected chi connectivity index (χ1v) is 4.60. The van der Waals surface area contributed by atoms with Gasteiger partial charge in [0.1, 0.15) is 6.54 Å². The van der Waals surface area contributed by atoms with E-state index in [1.807, 2.05) is 19.9 Å². The van der Waals surface area contributed by atoms with E-state index in [0.717, 1.165) is 11.4 Å². The number of hydrogen-bond acceptors (Lipinski definition) is 5. The van der Waals surface area contributed by atoms with Gasteiger partial charge in [-0.25, -0.2) is 9.97 Å². The second kappa shape index (κ2) is 3.64. The summed E-state index contributed by atoms with van der Waals surface area (Å²) < 4.78 is 0. The number of nitrogen functional groups attached to an aromatic ring is 1. The second-order valence-corrected chi connectivity index (χ2v) is 3.37. The molecule has 6 heteroatoms. The van der Waals surface area contributed by atoms with Crippen LogP contribution in [0.1, 0.15) is 17.2 Å². The Bertz CT molecular complexity index is 455. The zero-order valence-corrected chi connectivity index (χ0v) is 8.68. The fourth-order valence-corrected chi connectivity index (χ4v) is 1.38. The molecule has 0 aliphatic heterocycles. The van der Waals surface area contributed by atoms with Crippen molar-refractivity contribution >= 4 is 5.82 Å². The molecule has 78 valence electrons. The maximum Gasteiger partial charge on any atom is 0.165 e. The van der Waals surface area contributed by atoms with Crippen molar-refractivity contribution in [1.82, 2.24) is 25.0 Å². The molecule has 0 spiro atoms. The molecule has 2 heterocycles. The smallest absolute Gasteiger partial charge is 0.165 e. The molecule has 2 aromatic rings. The molecule has 0 bridgehead atoms. The first-order valence-electron chi connectivity index (χ1n) is 4.60. The SMILES string of the molecule is Cc1cc(C)nc(Cn2ncc(N)n2)n1. The summed E-state index contributed by atoms with van der Waals surface area (Å²) >= 11 is 0. The van der Waals surface area contributed by atoms with Gasteiger partial charge in [-0.15, -0.1) is 5.10 Å². The highest BCUT2D eigenvalue weighted by molar-refractivity contribution is 5.19. The van der Waals surface area contributed by atoms with Crippen LogP contribution in [0.4, 0.5) is 5.82 Å². The van der Waals surface area contributed by atoms with E-state index < -0.39 is 0 Å². The molecule has 0 amide bonds. The van der Waals surface area contributed by atoms with Crippen LogP contribution in [-0.2, 0) is 6.54 Å². The van der Waals surface area contributed by atoms with Crippen LogP contribution >= 0.6 is 0 Å². The number of aryl methyl sites for hydroxylation is 2. The van der Waals surface area contributed by atoms with Crippen LogP contribution in [0.5, 0.6) is 0 Å². The van der Waals surface area contributed by atoms with Gasteiger partial charge >= 0.3 is 0 Å². The van der Waals surface area contributed by atoms with Crippen molar-refractivity contribution in [2.24, 2.45) is 0 Å². The van der Waals surface area contributed by atoms with E-state index in [1.54, 1.807) is 0 Å². The molecule has 2 rings (SSSR count). The predicted octanol–water partition coefficient (Wildman–Crippen LogP) is 0.315. The van der Waals surface area contributed by atoms with Crippen molar-refractivity contribution in [3.63, 3.8) is 0 Å². The zero-order valence-electron chi connectivity index (χ0n) is 8.68. The molecule has 0 aliphatic carbocycles. The standard InChI is InChI=1S/C9H12N6/c1-6-3-7(2)13-9(12-6)5-15-11-4-8(10)14-15/h3-4H,5H2,1-2H3,(H2,10,14). The Hall–Kier alpha value is -1.98. The molecular formula is C9H12N6. The summed E-state index contributed by atoms with van der Waals surface area (Å²) in [6.45, 7) is 4.31.